The molecule has 38 heavy (non-hydrogen) atoms. The maximum absolute atomic E-state index is 14.5. The molecule has 0 radical (unpaired) electrons. The van der Waals surface area contributed by atoms with Crippen molar-refractivity contribution in [3.05, 3.63) is 47.5 Å². The van der Waals surface area contributed by atoms with Crippen molar-refractivity contribution in [3.63, 3.8) is 0 Å². The molecule has 5 rings (SSSR count). The lowest BCUT2D eigenvalue weighted by molar-refractivity contribution is -0.128. The Bertz CT molecular complexity index is 1300. The van der Waals surface area contributed by atoms with E-state index in [1.807, 2.05) is 6.07 Å². The Morgan fingerprint density at radius 1 is 1.11 bits per heavy atom. The van der Waals surface area contributed by atoms with Crippen molar-refractivity contribution in [2.24, 2.45) is 0 Å². The Morgan fingerprint density at radius 2 is 1.92 bits per heavy atom. The Labute approximate surface area is 226 Å². The number of halogens is 2. The van der Waals surface area contributed by atoms with Crippen LogP contribution in [0.5, 0.6) is 11.5 Å². The number of ether oxygens (including phenoxy) is 2. The van der Waals surface area contributed by atoms with Crippen molar-refractivity contribution in [1.82, 2.24) is 20.2 Å². The van der Waals surface area contributed by atoms with E-state index in [0.717, 1.165) is 51.5 Å². The first kappa shape index (κ1) is 26.4. The minimum absolute atomic E-state index is 0.0206. The van der Waals surface area contributed by atoms with Gasteiger partial charge >= 0.3 is 0 Å². The molecular formula is C28H33ClFN5O3. The summed E-state index contributed by atoms with van der Waals surface area (Å²) in [5.74, 6) is 1.18. The van der Waals surface area contributed by atoms with E-state index in [9.17, 15) is 9.18 Å². The summed E-state index contributed by atoms with van der Waals surface area (Å²) in [6.45, 7) is 0.968. The van der Waals surface area contributed by atoms with Gasteiger partial charge in [0.2, 0.25) is 5.91 Å². The first-order valence-corrected chi connectivity index (χ1v) is 13.5. The van der Waals surface area contributed by atoms with Crippen LogP contribution >= 0.6 is 11.6 Å². The number of amides is 1. The zero-order valence-electron chi connectivity index (χ0n) is 21.7. The normalized spacial score (nSPS) is 22.2. The highest BCUT2D eigenvalue weighted by Gasteiger charge is 2.35. The third-order valence-electron chi connectivity index (χ3n) is 7.63. The van der Waals surface area contributed by atoms with E-state index in [2.05, 4.69) is 25.5 Å². The first-order valence-electron chi connectivity index (χ1n) is 13.2. The maximum Gasteiger partial charge on any atom is 0.237 e. The molecule has 2 fully saturated rings. The molecular weight excluding hydrogens is 509 g/mol. The van der Waals surface area contributed by atoms with Crippen molar-refractivity contribution in [1.29, 1.82) is 0 Å². The molecule has 1 aliphatic carbocycles. The summed E-state index contributed by atoms with van der Waals surface area (Å²) in [6, 6.07) is 8.77. The number of hydrogen-bond donors (Lipinski definition) is 2. The number of likely N-dealkylation sites (N-methyl/N-ethyl adjacent to an activating group) is 1. The predicted octanol–water partition coefficient (Wildman–Crippen LogP) is 5.47. The van der Waals surface area contributed by atoms with Gasteiger partial charge in [-0.1, -0.05) is 24.1 Å². The lowest BCUT2D eigenvalue weighted by atomic mass is 9.88. The van der Waals surface area contributed by atoms with Crippen LogP contribution in [-0.4, -0.2) is 59.7 Å². The van der Waals surface area contributed by atoms with Crippen LogP contribution in [-0.2, 0) is 4.79 Å². The van der Waals surface area contributed by atoms with Gasteiger partial charge in [-0.3, -0.25) is 9.69 Å². The van der Waals surface area contributed by atoms with Crippen LogP contribution in [0.25, 0.3) is 10.9 Å². The van der Waals surface area contributed by atoms with Gasteiger partial charge in [0, 0.05) is 24.5 Å². The molecule has 2 N–H and O–H groups in total. The fourth-order valence-electron chi connectivity index (χ4n) is 5.66. The van der Waals surface area contributed by atoms with Crippen molar-refractivity contribution >= 4 is 39.9 Å². The summed E-state index contributed by atoms with van der Waals surface area (Å²) < 4.78 is 26.6. The largest absolute Gasteiger partial charge is 0.493 e. The van der Waals surface area contributed by atoms with E-state index in [0.29, 0.717) is 34.3 Å². The predicted molar refractivity (Wildman–Crippen MR) is 146 cm³/mol. The molecule has 2 aromatic carbocycles. The van der Waals surface area contributed by atoms with Gasteiger partial charge in [-0.05, 0) is 63.3 Å². The summed E-state index contributed by atoms with van der Waals surface area (Å²) in [5.41, 5.74) is 0.866. The van der Waals surface area contributed by atoms with Crippen molar-refractivity contribution in [3.8, 4) is 11.5 Å². The van der Waals surface area contributed by atoms with Gasteiger partial charge in [0.15, 0.2) is 17.3 Å². The van der Waals surface area contributed by atoms with Crippen LogP contribution in [0.4, 0.5) is 15.9 Å². The van der Waals surface area contributed by atoms with Gasteiger partial charge in [0.25, 0.3) is 0 Å². The number of aromatic nitrogens is 2. The fourth-order valence-corrected chi connectivity index (χ4v) is 5.83. The zero-order chi connectivity index (χ0) is 26.6. The minimum Gasteiger partial charge on any atom is -0.493 e. The highest BCUT2D eigenvalue weighted by molar-refractivity contribution is 6.31. The monoisotopic (exact) mass is 541 g/mol. The van der Waals surface area contributed by atoms with E-state index in [1.54, 1.807) is 32.4 Å². The molecule has 0 spiro atoms. The van der Waals surface area contributed by atoms with Crippen LogP contribution in [0.2, 0.25) is 5.02 Å². The van der Waals surface area contributed by atoms with Gasteiger partial charge < -0.3 is 20.1 Å². The lowest BCUT2D eigenvalue weighted by Crippen LogP contribution is -2.54. The van der Waals surface area contributed by atoms with Crippen LogP contribution in [0, 0.1) is 5.82 Å². The highest BCUT2D eigenvalue weighted by atomic mass is 35.5. The summed E-state index contributed by atoms with van der Waals surface area (Å²) in [6.07, 6.45) is 8.29. The number of nitrogens with zero attached hydrogens (tertiary/aromatic N) is 3. The molecule has 202 valence electrons. The summed E-state index contributed by atoms with van der Waals surface area (Å²) in [5, 5.41) is 6.58. The van der Waals surface area contributed by atoms with Gasteiger partial charge in [-0.25, -0.2) is 14.4 Å². The fraction of sp³-hybridized carbons (Fsp3) is 0.464. The Morgan fingerprint density at radius 3 is 2.68 bits per heavy atom. The number of methoxy groups -OCH3 is 1. The Hall–Kier alpha value is -3.17. The number of likely N-dealkylation sites (tertiary alicyclic amines) is 1. The molecule has 1 amide bonds. The Kier molecular flexibility index (Phi) is 8.14. The number of anilines is 2. The molecule has 2 aliphatic rings. The molecule has 2 heterocycles. The molecule has 8 nitrogen and oxygen atoms in total. The molecule has 1 atom stereocenters. The van der Waals surface area contributed by atoms with Gasteiger partial charge in [0.1, 0.15) is 12.1 Å². The number of fused-ring (bicyclic) bond motifs is 1. The minimum atomic E-state index is -0.546. The summed E-state index contributed by atoms with van der Waals surface area (Å²) >= 11 is 5.96. The average molecular weight is 542 g/mol. The molecule has 0 bridgehead atoms. The SMILES string of the molecule is CNC(=O)[C@@H]1CCCCN1C1CCC(Oc2cc3c(Nc4cccc(Cl)c4F)ncnc3cc2OC)CC1. The summed E-state index contributed by atoms with van der Waals surface area (Å²) in [4.78, 5) is 23.6. The molecule has 0 unspecified atom stereocenters. The van der Waals surface area contributed by atoms with Gasteiger partial charge in [-0.2, -0.15) is 0 Å². The molecule has 1 saturated carbocycles. The standard InChI is InChI=1S/C28H33ClFN5O3/c1-31-28(36)23-8-3-4-13-35(23)17-9-11-18(12-10-17)38-25-14-19-22(15-24(25)37-2)32-16-33-27(19)34-21-7-5-6-20(29)26(21)30/h5-7,14-18,23H,3-4,8-13H2,1-2H3,(H,31,36)(H,32,33,34)/t17?,18?,23-/m0/s1. The summed E-state index contributed by atoms with van der Waals surface area (Å²) in [7, 11) is 3.32. The van der Waals surface area contributed by atoms with Crippen molar-refractivity contribution in [2.45, 2.75) is 63.1 Å². The lowest BCUT2D eigenvalue weighted by Gasteiger charge is -2.43. The second kappa shape index (κ2) is 11.7. The van der Waals surface area contributed by atoms with E-state index >= 15 is 0 Å². The van der Waals surface area contributed by atoms with E-state index in [-0.39, 0.29) is 28.8 Å². The average Bonchev–Trinajstić information content (AvgIpc) is 2.95. The van der Waals surface area contributed by atoms with Crippen LogP contribution in [0.3, 0.4) is 0 Å². The quantitative estimate of drug-likeness (QED) is 0.410. The second-order valence-corrected chi connectivity index (χ2v) is 10.3. The van der Waals surface area contributed by atoms with E-state index < -0.39 is 5.82 Å². The zero-order valence-corrected chi connectivity index (χ0v) is 22.4. The topological polar surface area (TPSA) is 88.6 Å². The number of hydrogen-bond acceptors (Lipinski definition) is 7. The van der Waals surface area contributed by atoms with Crippen molar-refractivity contribution < 1.29 is 18.7 Å². The first-order chi connectivity index (χ1) is 18.5. The number of rotatable bonds is 7. The molecule has 10 heteroatoms. The van der Waals surface area contributed by atoms with Crippen LogP contribution in [0.15, 0.2) is 36.7 Å². The van der Waals surface area contributed by atoms with Gasteiger partial charge in [-0.15, -0.1) is 0 Å². The number of carbonyl (C=O) groups excluding carboxylic acids is 1. The third-order valence-corrected chi connectivity index (χ3v) is 7.92. The maximum atomic E-state index is 14.5. The Balaban J connectivity index is 1.33. The van der Waals surface area contributed by atoms with E-state index in [1.165, 1.54) is 12.4 Å². The number of nitrogens with one attached hydrogen (secondary N) is 2. The highest BCUT2D eigenvalue weighted by Crippen LogP contribution is 2.38. The van der Waals surface area contributed by atoms with E-state index in [4.69, 9.17) is 21.1 Å². The number of piperidine rings is 1. The third kappa shape index (κ3) is 5.49. The number of carbonyl (C=O) groups is 1. The van der Waals surface area contributed by atoms with Gasteiger partial charge in [0.05, 0.1) is 35.5 Å². The van der Waals surface area contributed by atoms with Crippen LogP contribution < -0.4 is 20.1 Å². The van der Waals surface area contributed by atoms with Crippen molar-refractivity contribution in [2.75, 3.05) is 26.0 Å². The van der Waals surface area contributed by atoms with Crippen LogP contribution in [0.1, 0.15) is 44.9 Å². The smallest absolute Gasteiger partial charge is 0.237 e. The molecule has 1 aromatic heterocycles. The molecule has 3 aromatic rings. The second-order valence-electron chi connectivity index (χ2n) is 9.88. The molecule has 1 aliphatic heterocycles. The molecule has 1 saturated heterocycles. The number of benzene rings is 2.